The van der Waals surface area contributed by atoms with Crippen molar-refractivity contribution in [1.29, 1.82) is 0 Å². The number of carbonyl (C=O) groups is 1. The molecule has 1 saturated carbocycles. The Labute approximate surface area is 167 Å². The van der Waals surface area contributed by atoms with Gasteiger partial charge in [-0.15, -0.1) is 0 Å². The molecule has 0 radical (unpaired) electrons. The number of hydrogen-bond donors (Lipinski definition) is 2. The Morgan fingerprint density at radius 2 is 1.89 bits per heavy atom. The molecular formula is C24H32O4. The van der Waals surface area contributed by atoms with Gasteiger partial charge < -0.3 is 14.9 Å². The van der Waals surface area contributed by atoms with Gasteiger partial charge in [-0.3, -0.25) is 4.79 Å². The number of allylic oxidation sites excluding steroid dienone is 3. The summed E-state index contributed by atoms with van der Waals surface area (Å²) in [5.41, 5.74) is 5.45. The maximum atomic E-state index is 11.5. The SMILES string of the molecule is C=C1CCC2=C(C)[C@@H](C)CC[C@]2(C)[C@@H]1Cc1cc(O)c(CC(=O)OC)cc1O. The molecule has 0 saturated heterocycles. The van der Waals surface area contributed by atoms with Crippen LogP contribution in [0.2, 0.25) is 0 Å². The highest BCUT2D eigenvalue weighted by Gasteiger charge is 2.45. The molecule has 0 aliphatic heterocycles. The lowest BCUT2D eigenvalue weighted by Gasteiger charge is -2.50. The van der Waals surface area contributed by atoms with Gasteiger partial charge in [0, 0.05) is 5.56 Å². The molecule has 4 heteroatoms. The summed E-state index contributed by atoms with van der Waals surface area (Å²) < 4.78 is 4.66. The van der Waals surface area contributed by atoms with Gasteiger partial charge >= 0.3 is 5.97 Å². The van der Waals surface area contributed by atoms with Crippen LogP contribution in [0.4, 0.5) is 0 Å². The van der Waals surface area contributed by atoms with Crippen LogP contribution in [0, 0.1) is 17.3 Å². The molecule has 0 unspecified atom stereocenters. The molecule has 1 aromatic carbocycles. The van der Waals surface area contributed by atoms with Gasteiger partial charge in [-0.1, -0.05) is 37.1 Å². The smallest absolute Gasteiger partial charge is 0.310 e. The number of ether oxygens (including phenoxy) is 1. The zero-order valence-corrected chi connectivity index (χ0v) is 17.5. The lowest BCUT2D eigenvalue weighted by atomic mass is 9.55. The Balaban J connectivity index is 1.93. The zero-order valence-electron chi connectivity index (χ0n) is 17.5. The Bertz CT molecular complexity index is 835. The number of esters is 1. The number of phenolic OH excluding ortho intramolecular Hbond substituents is 2. The van der Waals surface area contributed by atoms with Crippen LogP contribution in [0.5, 0.6) is 11.5 Å². The van der Waals surface area contributed by atoms with Gasteiger partial charge in [0.25, 0.3) is 0 Å². The van der Waals surface area contributed by atoms with Crippen molar-refractivity contribution in [3.05, 3.63) is 46.6 Å². The summed E-state index contributed by atoms with van der Waals surface area (Å²) in [6, 6.07) is 3.08. The summed E-state index contributed by atoms with van der Waals surface area (Å²) >= 11 is 0. The predicted molar refractivity (Wildman–Crippen MR) is 110 cm³/mol. The van der Waals surface area contributed by atoms with Gasteiger partial charge in [0.15, 0.2) is 0 Å². The number of carbonyl (C=O) groups excluding carboxylic acids is 1. The Hall–Kier alpha value is -2.23. The van der Waals surface area contributed by atoms with E-state index < -0.39 is 5.97 Å². The van der Waals surface area contributed by atoms with Crippen molar-refractivity contribution in [3.8, 4) is 11.5 Å². The van der Waals surface area contributed by atoms with Gasteiger partial charge in [-0.05, 0) is 74.0 Å². The standard InChI is InChI=1S/C24H32O4/c1-14-8-9-24(4)19(16(14)3)7-6-15(2)20(24)10-17-11-22(26)18(12-21(17)25)13-23(27)28-5/h11-12,14,20,25-26H,2,6-10,13H2,1,3-5H3/t14-,20+,24-/m0/s1. The fraction of sp³-hybridized carbons (Fsp3) is 0.542. The topological polar surface area (TPSA) is 66.8 Å². The number of fused-ring (bicyclic) bond motifs is 1. The number of methoxy groups -OCH3 is 1. The maximum absolute atomic E-state index is 11.5. The molecule has 3 atom stereocenters. The normalized spacial score (nSPS) is 27.5. The average molecular weight is 385 g/mol. The van der Waals surface area contributed by atoms with Crippen LogP contribution in [-0.4, -0.2) is 23.3 Å². The van der Waals surface area contributed by atoms with E-state index >= 15 is 0 Å². The highest BCUT2D eigenvalue weighted by atomic mass is 16.5. The quantitative estimate of drug-likeness (QED) is 0.432. The van der Waals surface area contributed by atoms with E-state index in [0.717, 1.165) is 19.3 Å². The van der Waals surface area contributed by atoms with Gasteiger partial charge in [0.05, 0.1) is 13.5 Å². The van der Waals surface area contributed by atoms with E-state index in [1.165, 1.54) is 30.7 Å². The molecule has 0 bridgehead atoms. The Morgan fingerprint density at radius 3 is 2.57 bits per heavy atom. The third-order valence-corrected chi connectivity index (χ3v) is 7.23. The van der Waals surface area contributed by atoms with Gasteiger partial charge in [0.2, 0.25) is 0 Å². The monoisotopic (exact) mass is 384 g/mol. The molecule has 0 spiro atoms. The summed E-state index contributed by atoms with van der Waals surface area (Å²) in [5, 5.41) is 21.0. The number of phenols is 2. The third-order valence-electron chi connectivity index (χ3n) is 7.23. The van der Waals surface area contributed by atoms with E-state index in [2.05, 4.69) is 32.1 Å². The molecule has 2 aliphatic carbocycles. The molecule has 4 nitrogen and oxygen atoms in total. The van der Waals surface area contributed by atoms with E-state index in [4.69, 9.17) is 0 Å². The first-order valence-corrected chi connectivity index (χ1v) is 10.2. The minimum atomic E-state index is -0.447. The average Bonchev–Trinajstić information content (AvgIpc) is 2.65. The second kappa shape index (κ2) is 7.65. The second-order valence-electron chi connectivity index (χ2n) is 8.80. The van der Waals surface area contributed by atoms with Crippen LogP contribution < -0.4 is 0 Å². The van der Waals surface area contributed by atoms with E-state index in [1.54, 1.807) is 11.6 Å². The Kier molecular flexibility index (Phi) is 5.60. The maximum Gasteiger partial charge on any atom is 0.310 e. The van der Waals surface area contributed by atoms with Crippen molar-refractivity contribution in [2.75, 3.05) is 7.11 Å². The number of rotatable bonds is 4. The molecule has 1 aromatic rings. The molecule has 28 heavy (non-hydrogen) atoms. The molecule has 152 valence electrons. The van der Waals surface area contributed by atoms with Crippen LogP contribution in [0.1, 0.15) is 57.6 Å². The van der Waals surface area contributed by atoms with Gasteiger partial charge in [0.1, 0.15) is 11.5 Å². The van der Waals surface area contributed by atoms with Crippen LogP contribution in [0.25, 0.3) is 0 Å². The molecule has 0 amide bonds. The molecule has 3 rings (SSSR count). The summed E-state index contributed by atoms with van der Waals surface area (Å²) in [6.45, 7) is 11.3. The van der Waals surface area contributed by atoms with Crippen molar-refractivity contribution in [2.45, 2.75) is 59.3 Å². The van der Waals surface area contributed by atoms with Crippen molar-refractivity contribution in [3.63, 3.8) is 0 Å². The van der Waals surface area contributed by atoms with E-state index in [1.807, 2.05) is 0 Å². The highest BCUT2D eigenvalue weighted by molar-refractivity contribution is 5.73. The number of benzene rings is 1. The van der Waals surface area contributed by atoms with Crippen LogP contribution in [-0.2, 0) is 22.4 Å². The van der Waals surface area contributed by atoms with Gasteiger partial charge in [-0.25, -0.2) is 0 Å². The molecule has 2 N–H and O–H groups in total. The molecular weight excluding hydrogens is 352 g/mol. The first kappa shape index (κ1) is 20.5. The van der Waals surface area contributed by atoms with Crippen LogP contribution >= 0.6 is 0 Å². The molecule has 0 heterocycles. The lowest BCUT2D eigenvalue weighted by Crippen LogP contribution is -2.39. The highest BCUT2D eigenvalue weighted by Crippen LogP contribution is 2.56. The van der Waals surface area contributed by atoms with E-state index in [0.29, 0.717) is 23.5 Å². The third kappa shape index (κ3) is 3.57. The fourth-order valence-corrected chi connectivity index (χ4v) is 5.19. The fourth-order valence-electron chi connectivity index (χ4n) is 5.19. The second-order valence-corrected chi connectivity index (χ2v) is 8.80. The summed E-state index contributed by atoms with van der Waals surface area (Å²) in [4.78, 5) is 11.5. The zero-order chi connectivity index (χ0) is 20.6. The van der Waals surface area contributed by atoms with Crippen molar-refractivity contribution in [2.24, 2.45) is 17.3 Å². The molecule has 0 aromatic heterocycles. The van der Waals surface area contributed by atoms with Crippen LogP contribution in [0.15, 0.2) is 35.4 Å². The van der Waals surface area contributed by atoms with E-state index in [9.17, 15) is 15.0 Å². The molecule has 2 aliphatic rings. The predicted octanol–water partition coefficient (Wildman–Crippen LogP) is 5.07. The lowest BCUT2D eigenvalue weighted by molar-refractivity contribution is -0.139. The van der Waals surface area contributed by atoms with Crippen molar-refractivity contribution in [1.82, 2.24) is 0 Å². The largest absolute Gasteiger partial charge is 0.508 e. The van der Waals surface area contributed by atoms with Crippen molar-refractivity contribution >= 4 is 5.97 Å². The number of hydrogen-bond acceptors (Lipinski definition) is 4. The first-order chi connectivity index (χ1) is 13.2. The van der Waals surface area contributed by atoms with Crippen molar-refractivity contribution < 1.29 is 19.7 Å². The summed E-state index contributed by atoms with van der Waals surface area (Å²) in [5.74, 6) is 0.553. The first-order valence-electron chi connectivity index (χ1n) is 10.2. The summed E-state index contributed by atoms with van der Waals surface area (Å²) in [7, 11) is 1.31. The minimum Gasteiger partial charge on any atom is -0.508 e. The molecule has 1 fully saturated rings. The van der Waals surface area contributed by atoms with Crippen LogP contribution in [0.3, 0.4) is 0 Å². The van der Waals surface area contributed by atoms with Gasteiger partial charge in [-0.2, -0.15) is 0 Å². The number of aromatic hydroxyl groups is 2. The summed E-state index contributed by atoms with van der Waals surface area (Å²) in [6.07, 6.45) is 4.93. The minimum absolute atomic E-state index is 0.0222. The van der Waals surface area contributed by atoms with E-state index in [-0.39, 0.29) is 29.3 Å². The Morgan fingerprint density at radius 1 is 1.25 bits per heavy atom.